The summed E-state index contributed by atoms with van der Waals surface area (Å²) in [5.41, 5.74) is 2.67. The van der Waals surface area contributed by atoms with E-state index in [1.165, 1.54) is 0 Å². The average molecular weight is 244 g/mol. The third-order valence-corrected chi connectivity index (χ3v) is 3.14. The van der Waals surface area contributed by atoms with Gasteiger partial charge in [0.2, 0.25) is 0 Å². The molecule has 0 unspecified atom stereocenters. The fourth-order valence-electron chi connectivity index (χ4n) is 2.06. The van der Waals surface area contributed by atoms with Crippen LogP contribution in [0, 0.1) is 0 Å². The zero-order chi connectivity index (χ0) is 11.8. The Morgan fingerprint density at radius 3 is 2.41 bits per heavy atom. The lowest BCUT2D eigenvalue weighted by atomic mass is 10.0. The molecular weight excluding hydrogens is 234 g/mol. The number of hydrogen-bond acceptors (Lipinski definition) is 1. The molecule has 0 spiro atoms. The van der Waals surface area contributed by atoms with Gasteiger partial charge in [0.05, 0.1) is 5.52 Å². The van der Waals surface area contributed by atoms with Crippen LogP contribution in [-0.2, 0) is 0 Å². The number of aromatic hydroxyl groups is 1. The van der Waals surface area contributed by atoms with Gasteiger partial charge in [-0.1, -0.05) is 36.4 Å². The molecule has 2 aromatic carbocycles. The van der Waals surface area contributed by atoms with Gasteiger partial charge in [-0.15, -0.1) is 0 Å². The van der Waals surface area contributed by atoms with Gasteiger partial charge in [-0.2, -0.15) is 0 Å². The van der Waals surface area contributed by atoms with E-state index in [-0.39, 0.29) is 5.75 Å². The normalized spacial score (nSPS) is 10.9. The smallest absolute Gasteiger partial charge is 0.123 e. The molecule has 3 aromatic rings. The minimum absolute atomic E-state index is 0.264. The zero-order valence-corrected chi connectivity index (χ0v) is 9.72. The van der Waals surface area contributed by atoms with Crippen molar-refractivity contribution < 1.29 is 5.11 Å². The molecule has 0 amide bonds. The van der Waals surface area contributed by atoms with E-state index in [0.29, 0.717) is 0 Å². The number of rotatable bonds is 1. The maximum Gasteiger partial charge on any atom is 0.123 e. The van der Waals surface area contributed by atoms with Crippen molar-refractivity contribution in [3.63, 3.8) is 0 Å². The highest BCUT2D eigenvalue weighted by molar-refractivity contribution is 6.20. The number of phenolic OH excluding ortho intramolecular Hbond substituents is 1. The Balaban J connectivity index is 2.35. The standard InChI is InChI=1S/C14H10ClNO/c15-16-9-12(10-5-1-3-7-13(10)16)11-6-2-4-8-14(11)17/h1-9,17H. The lowest BCUT2D eigenvalue weighted by Gasteiger charge is -2.01. The van der Waals surface area contributed by atoms with Gasteiger partial charge in [0.15, 0.2) is 0 Å². The molecule has 0 saturated carbocycles. The van der Waals surface area contributed by atoms with Crippen LogP contribution in [0.15, 0.2) is 54.7 Å². The Bertz CT molecular complexity index is 688. The molecule has 0 aliphatic rings. The number of nitrogens with zero attached hydrogens (tertiary/aromatic N) is 1. The maximum atomic E-state index is 9.88. The van der Waals surface area contributed by atoms with Crippen molar-refractivity contribution in [1.82, 2.24) is 4.09 Å². The lowest BCUT2D eigenvalue weighted by molar-refractivity contribution is 0.477. The Labute approximate surface area is 104 Å². The van der Waals surface area contributed by atoms with Crippen LogP contribution in [0.3, 0.4) is 0 Å². The summed E-state index contributed by atoms with van der Waals surface area (Å²) < 4.78 is 1.55. The SMILES string of the molecule is Oc1ccccc1-c1cn(Cl)c2ccccc12. The number of aromatic nitrogens is 1. The summed E-state index contributed by atoms with van der Waals surface area (Å²) in [6, 6.07) is 15.1. The van der Waals surface area contributed by atoms with E-state index >= 15 is 0 Å². The Hall–Kier alpha value is -1.93. The minimum Gasteiger partial charge on any atom is -0.507 e. The first kappa shape index (κ1) is 10.2. The van der Waals surface area contributed by atoms with Crippen molar-refractivity contribution in [3.8, 4) is 16.9 Å². The van der Waals surface area contributed by atoms with Crippen LogP contribution in [-0.4, -0.2) is 9.19 Å². The predicted octanol–water partition coefficient (Wildman–Crippen LogP) is 4.02. The van der Waals surface area contributed by atoms with E-state index in [4.69, 9.17) is 11.8 Å². The zero-order valence-electron chi connectivity index (χ0n) is 8.97. The maximum absolute atomic E-state index is 9.88. The highest BCUT2D eigenvalue weighted by atomic mass is 35.5. The first-order chi connectivity index (χ1) is 8.27. The summed E-state index contributed by atoms with van der Waals surface area (Å²) >= 11 is 6.12. The van der Waals surface area contributed by atoms with Crippen molar-refractivity contribution in [1.29, 1.82) is 0 Å². The van der Waals surface area contributed by atoms with Crippen LogP contribution in [0.4, 0.5) is 0 Å². The molecule has 84 valence electrons. The van der Waals surface area contributed by atoms with Crippen molar-refractivity contribution in [2.75, 3.05) is 0 Å². The molecule has 17 heavy (non-hydrogen) atoms. The van der Waals surface area contributed by atoms with Gasteiger partial charge in [0.25, 0.3) is 0 Å². The second kappa shape index (κ2) is 3.82. The summed E-state index contributed by atoms with van der Waals surface area (Å²) in [5.74, 6) is 0.264. The summed E-state index contributed by atoms with van der Waals surface area (Å²) in [7, 11) is 0. The van der Waals surface area contributed by atoms with E-state index < -0.39 is 0 Å². The monoisotopic (exact) mass is 243 g/mol. The van der Waals surface area contributed by atoms with Crippen molar-refractivity contribution in [3.05, 3.63) is 54.7 Å². The fourth-order valence-corrected chi connectivity index (χ4v) is 2.30. The number of para-hydroxylation sites is 2. The molecule has 0 saturated heterocycles. The van der Waals surface area contributed by atoms with Gasteiger partial charge in [-0.05, 0) is 12.1 Å². The van der Waals surface area contributed by atoms with E-state index in [1.54, 1.807) is 16.2 Å². The van der Waals surface area contributed by atoms with Crippen LogP contribution < -0.4 is 0 Å². The van der Waals surface area contributed by atoms with E-state index in [9.17, 15) is 5.11 Å². The summed E-state index contributed by atoms with van der Waals surface area (Å²) in [6.07, 6.45) is 1.82. The van der Waals surface area contributed by atoms with Crippen LogP contribution in [0.1, 0.15) is 0 Å². The predicted molar refractivity (Wildman–Crippen MR) is 70.3 cm³/mol. The van der Waals surface area contributed by atoms with Crippen LogP contribution in [0.2, 0.25) is 0 Å². The van der Waals surface area contributed by atoms with Crippen molar-refractivity contribution >= 4 is 22.7 Å². The second-order valence-electron chi connectivity index (χ2n) is 3.89. The van der Waals surface area contributed by atoms with Crippen LogP contribution in [0.5, 0.6) is 5.75 Å². The van der Waals surface area contributed by atoms with Gasteiger partial charge in [0, 0.05) is 34.5 Å². The third-order valence-electron chi connectivity index (χ3n) is 2.86. The quantitative estimate of drug-likeness (QED) is 0.686. The molecule has 0 aliphatic heterocycles. The van der Waals surface area contributed by atoms with E-state index in [0.717, 1.165) is 22.0 Å². The molecule has 3 heteroatoms. The van der Waals surface area contributed by atoms with Gasteiger partial charge >= 0.3 is 0 Å². The molecule has 1 aromatic heterocycles. The molecule has 0 fully saturated rings. The molecule has 0 radical (unpaired) electrons. The largest absolute Gasteiger partial charge is 0.507 e. The van der Waals surface area contributed by atoms with Crippen molar-refractivity contribution in [2.45, 2.75) is 0 Å². The number of phenols is 1. The van der Waals surface area contributed by atoms with E-state index in [2.05, 4.69) is 0 Å². The number of hydrogen-bond donors (Lipinski definition) is 1. The molecular formula is C14H10ClNO. The summed E-state index contributed by atoms with van der Waals surface area (Å²) in [5, 5.41) is 10.9. The summed E-state index contributed by atoms with van der Waals surface area (Å²) in [4.78, 5) is 0. The first-order valence-electron chi connectivity index (χ1n) is 5.32. The third kappa shape index (κ3) is 1.58. The topological polar surface area (TPSA) is 25.2 Å². The molecule has 1 heterocycles. The Kier molecular flexibility index (Phi) is 2.30. The first-order valence-corrected chi connectivity index (χ1v) is 5.66. The van der Waals surface area contributed by atoms with Gasteiger partial charge in [-0.25, -0.2) is 0 Å². The molecule has 2 nitrogen and oxygen atoms in total. The average Bonchev–Trinajstić information content (AvgIpc) is 2.68. The molecule has 0 atom stereocenters. The van der Waals surface area contributed by atoms with Crippen LogP contribution in [0.25, 0.3) is 22.0 Å². The molecule has 3 rings (SSSR count). The van der Waals surface area contributed by atoms with Gasteiger partial charge < -0.3 is 5.11 Å². The lowest BCUT2D eigenvalue weighted by Crippen LogP contribution is -1.76. The highest BCUT2D eigenvalue weighted by Crippen LogP contribution is 2.35. The Morgan fingerprint density at radius 2 is 1.59 bits per heavy atom. The number of benzene rings is 2. The highest BCUT2D eigenvalue weighted by Gasteiger charge is 2.11. The Morgan fingerprint density at radius 1 is 0.882 bits per heavy atom. The van der Waals surface area contributed by atoms with Crippen molar-refractivity contribution in [2.24, 2.45) is 0 Å². The van der Waals surface area contributed by atoms with Gasteiger partial charge in [0.1, 0.15) is 5.75 Å². The molecule has 0 bridgehead atoms. The second-order valence-corrected chi connectivity index (χ2v) is 4.25. The van der Waals surface area contributed by atoms with Crippen LogP contribution >= 0.6 is 11.8 Å². The summed E-state index contributed by atoms with van der Waals surface area (Å²) in [6.45, 7) is 0. The molecule has 0 aliphatic carbocycles. The molecule has 1 N–H and O–H groups in total. The minimum atomic E-state index is 0.264. The number of halogens is 1. The fraction of sp³-hybridized carbons (Fsp3) is 0. The van der Waals surface area contributed by atoms with Gasteiger partial charge in [-0.3, -0.25) is 4.09 Å². The van der Waals surface area contributed by atoms with E-state index in [1.807, 2.05) is 42.6 Å². The number of fused-ring (bicyclic) bond motifs is 1.